The van der Waals surface area contributed by atoms with E-state index in [2.05, 4.69) is 5.16 Å². The summed E-state index contributed by atoms with van der Waals surface area (Å²) in [6.45, 7) is 3.75. The zero-order chi connectivity index (χ0) is 18.4. The SMILES string of the molecule is Cc1cc(C)cc(C2=NOC(c3cc(Cl)cc(Cl)c3)(C(F)(F)F)C2)c1. The molecule has 1 atom stereocenters. The van der Waals surface area contributed by atoms with Crippen LogP contribution in [0.3, 0.4) is 0 Å². The van der Waals surface area contributed by atoms with Crippen LogP contribution in [-0.2, 0) is 10.4 Å². The largest absolute Gasteiger partial charge is 0.435 e. The van der Waals surface area contributed by atoms with Crippen LogP contribution in [0.2, 0.25) is 10.0 Å². The highest BCUT2D eigenvalue weighted by Crippen LogP contribution is 2.49. The van der Waals surface area contributed by atoms with Crippen molar-refractivity contribution in [1.82, 2.24) is 0 Å². The first-order chi connectivity index (χ1) is 11.6. The summed E-state index contributed by atoms with van der Waals surface area (Å²) in [4.78, 5) is 4.99. The lowest BCUT2D eigenvalue weighted by Crippen LogP contribution is -2.42. The maximum atomic E-state index is 13.9. The van der Waals surface area contributed by atoms with E-state index in [9.17, 15) is 13.2 Å². The summed E-state index contributed by atoms with van der Waals surface area (Å²) in [5.74, 6) is 0. The minimum atomic E-state index is -4.69. The summed E-state index contributed by atoms with van der Waals surface area (Å²) < 4.78 is 41.8. The molecule has 1 aliphatic rings. The van der Waals surface area contributed by atoms with Crippen LogP contribution in [-0.4, -0.2) is 11.9 Å². The van der Waals surface area contributed by atoms with Crippen LogP contribution in [0, 0.1) is 13.8 Å². The van der Waals surface area contributed by atoms with E-state index in [-0.39, 0.29) is 21.3 Å². The van der Waals surface area contributed by atoms with Gasteiger partial charge in [0.1, 0.15) is 0 Å². The first-order valence-corrected chi connectivity index (χ1v) is 8.23. The molecule has 0 aliphatic carbocycles. The molecular formula is C18H14Cl2F3NO. The third-order valence-electron chi connectivity index (χ3n) is 4.07. The quantitative estimate of drug-likeness (QED) is 0.601. The minimum Gasteiger partial charge on any atom is -0.374 e. The summed E-state index contributed by atoms with van der Waals surface area (Å²) in [7, 11) is 0. The molecule has 2 aromatic rings. The lowest BCUT2D eigenvalue weighted by atomic mass is 9.86. The van der Waals surface area contributed by atoms with E-state index < -0.39 is 18.2 Å². The van der Waals surface area contributed by atoms with Gasteiger partial charge in [0.2, 0.25) is 0 Å². The number of hydrogen-bond donors (Lipinski definition) is 0. The predicted molar refractivity (Wildman–Crippen MR) is 92.4 cm³/mol. The number of nitrogens with zero attached hydrogens (tertiary/aromatic N) is 1. The molecule has 132 valence electrons. The van der Waals surface area contributed by atoms with Crippen molar-refractivity contribution < 1.29 is 18.0 Å². The minimum absolute atomic E-state index is 0.106. The van der Waals surface area contributed by atoms with Crippen molar-refractivity contribution in [2.45, 2.75) is 32.0 Å². The van der Waals surface area contributed by atoms with Gasteiger partial charge in [0, 0.05) is 22.0 Å². The number of aryl methyl sites for hydroxylation is 2. The summed E-state index contributed by atoms with van der Waals surface area (Å²) in [6.07, 6.45) is -5.14. The van der Waals surface area contributed by atoms with Gasteiger partial charge in [-0.2, -0.15) is 13.2 Å². The van der Waals surface area contributed by atoms with Gasteiger partial charge in [0.05, 0.1) is 5.71 Å². The van der Waals surface area contributed by atoms with Crippen LogP contribution < -0.4 is 0 Å². The van der Waals surface area contributed by atoms with Gasteiger partial charge in [-0.25, -0.2) is 0 Å². The monoisotopic (exact) mass is 387 g/mol. The highest BCUT2D eigenvalue weighted by atomic mass is 35.5. The number of halogens is 5. The molecule has 1 unspecified atom stereocenters. The Hall–Kier alpha value is -1.72. The van der Waals surface area contributed by atoms with Gasteiger partial charge in [0.15, 0.2) is 0 Å². The first kappa shape index (κ1) is 18.1. The molecule has 2 nitrogen and oxygen atoms in total. The third kappa shape index (κ3) is 3.35. The van der Waals surface area contributed by atoms with E-state index in [4.69, 9.17) is 28.0 Å². The van der Waals surface area contributed by atoms with Gasteiger partial charge in [-0.15, -0.1) is 0 Å². The smallest absolute Gasteiger partial charge is 0.374 e. The molecule has 1 heterocycles. The van der Waals surface area contributed by atoms with Crippen molar-refractivity contribution in [3.05, 3.63) is 68.7 Å². The fourth-order valence-electron chi connectivity index (χ4n) is 2.99. The number of alkyl halides is 3. The average Bonchev–Trinajstić information content (AvgIpc) is 2.91. The van der Waals surface area contributed by atoms with E-state index in [0.717, 1.165) is 11.1 Å². The molecule has 0 spiro atoms. The highest BCUT2D eigenvalue weighted by Gasteiger charge is 2.62. The Labute approximate surface area is 153 Å². The zero-order valence-corrected chi connectivity index (χ0v) is 14.9. The average molecular weight is 388 g/mol. The topological polar surface area (TPSA) is 21.6 Å². The van der Waals surface area contributed by atoms with Crippen LogP contribution in [0.4, 0.5) is 13.2 Å². The van der Waals surface area contributed by atoms with Crippen LogP contribution in [0.1, 0.15) is 28.7 Å². The summed E-state index contributed by atoms with van der Waals surface area (Å²) in [5.41, 5.74) is -0.0484. The zero-order valence-electron chi connectivity index (χ0n) is 13.4. The second-order valence-corrected chi connectivity index (χ2v) is 7.04. The summed E-state index contributed by atoms with van der Waals surface area (Å²) in [6, 6.07) is 9.30. The molecule has 0 saturated heterocycles. The van der Waals surface area contributed by atoms with E-state index in [0.29, 0.717) is 5.56 Å². The highest BCUT2D eigenvalue weighted by molar-refractivity contribution is 6.34. The molecule has 7 heteroatoms. The van der Waals surface area contributed by atoms with Gasteiger partial charge in [-0.3, -0.25) is 0 Å². The second-order valence-electron chi connectivity index (χ2n) is 6.17. The maximum Gasteiger partial charge on any atom is 0.435 e. The molecule has 2 aromatic carbocycles. The fraction of sp³-hybridized carbons (Fsp3) is 0.278. The van der Waals surface area contributed by atoms with E-state index in [1.54, 1.807) is 12.1 Å². The van der Waals surface area contributed by atoms with Crippen molar-refractivity contribution in [3.8, 4) is 0 Å². The molecule has 0 fully saturated rings. The van der Waals surface area contributed by atoms with Crippen molar-refractivity contribution in [1.29, 1.82) is 0 Å². The Morgan fingerprint density at radius 2 is 1.52 bits per heavy atom. The van der Waals surface area contributed by atoms with Crippen molar-refractivity contribution in [3.63, 3.8) is 0 Å². The summed E-state index contributed by atoms with van der Waals surface area (Å²) in [5, 5.41) is 3.97. The molecule has 1 aliphatic heterocycles. The van der Waals surface area contributed by atoms with Crippen LogP contribution in [0.25, 0.3) is 0 Å². The van der Waals surface area contributed by atoms with Crippen LogP contribution in [0.5, 0.6) is 0 Å². The van der Waals surface area contributed by atoms with Gasteiger partial charge >= 0.3 is 6.18 Å². The molecule has 25 heavy (non-hydrogen) atoms. The van der Waals surface area contributed by atoms with Gasteiger partial charge in [-0.05, 0) is 37.6 Å². The second kappa shape index (κ2) is 6.22. The van der Waals surface area contributed by atoms with Crippen LogP contribution in [0.15, 0.2) is 41.6 Å². The molecule has 0 bridgehead atoms. The van der Waals surface area contributed by atoms with Gasteiger partial charge < -0.3 is 4.84 Å². The number of hydrogen-bond acceptors (Lipinski definition) is 2. The first-order valence-electron chi connectivity index (χ1n) is 7.48. The summed E-state index contributed by atoms with van der Waals surface area (Å²) >= 11 is 11.8. The molecule has 0 aromatic heterocycles. The molecule has 3 rings (SSSR count). The Morgan fingerprint density at radius 3 is 2.04 bits per heavy atom. The van der Waals surface area contributed by atoms with Crippen molar-refractivity contribution in [2.24, 2.45) is 5.16 Å². The normalized spacial score (nSPS) is 20.4. The van der Waals surface area contributed by atoms with E-state index in [1.807, 2.05) is 19.9 Å². The molecule has 0 radical (unpaired) electrons. The predicted octanol–water partition coefficient (Wildman–Crippen LogP) is 6.19. The Kier molecular flexibility index (Phi) is 4.50. The number of oxime groups is 1. The fourth-order valence-corrected chi connectivity index (χ4v) is 3.51. The maximum absolute atomic E-state index is 13.9. The lowest BCUT2D eigenvalue weighted by molar-refractivity contribution is -0.275. The Balaban J connectivity index is 2.06. The van der Waals surface area contributed by atoms with Gasteiger partial charge in [0.25, 0.3) is 5.60 Å². The number of rotatable bonds is 2. The number of benzene rings is 2. The Bertz CT molecular complexity index is 823. The molecule has 0 N–H and O–H groups in total. The molecule has 0 saturated carbocycles. The Morgan fingerprint density at radius 1 is 0.960 bits per heavy atom. The molecule has 0 amide bonds. The van der Waals surface area contributed by atoms with Crippen LogP contribution >= 0.6 is 23.2 Å². The third-order valence-corrected chi connectivity index (χ3v) is 4.51. The van der Waals surface area contributed by atoms with E-state index in [1.165, 1.54) is 18.2 Å². The van der Waals surface area contributed by atoms with E-state index >= 15 is 0 Å². The van der Waals surface area contributed by atoms with Gasteiger partial charge in [-0.1, -0.05) is 57.7 Å². The van der Waals surface area contributed by atoms with Crippen molar-refractivity contribution in [2.75, 3.05) is 0 Å². The van der Waals surface area contributed by atoms with Crippen molar-refractivity contribution >= 4 is 28.9 Å². The standard InChI is InChI=1S/C18H14Cl2F3NO/c1-10-3-11(2)5-12(4-10)16-9-17(25-24-16,18(21,22)23)13-6-14(19)8-15(20)7-13/h3-8H,9H2,1-2H3. The molecular weight excluding hydrogens is 374 g/mol. The lowest BCUT2D eigenvalue weighted by Gasteiger charge is -2.29.